The third kappa shape index (κ3) is 7.27. The van der Waals surface area contributed by atoms with Crippen LogP contribution in [0.25, 0.3) is 22.2 Å². The van der Waals surface area contributed by atoms with Crippen LogP contribution in [0, 0.1) is 0 Å². The van der Waals surface area contributed by atoms with Crippen molar-refractivity contribution in [2.24, 2.45) is 0 Å². The van der Waals surface area contributed by atoms with Gasteiger partial charge in [0.2, 0.25) is 0 Å². The molecule has 1 aliphatic rings. The SMILES string of the molecule is CCCCc1nc2ccc(N(CCCC)C(=O)NC3CCCCC3)cc2n1Cc1ccc(-c2ccccc2C(=O)O)cc1. The minimum Gasteiger partial charge on any atom is -0.478 e. The maximum absolute atomic E-state index is 13.5. The molecular formula is C36H44N4O3. The van der Waals surface area contributed by atoms with Gasteiger partial charge in [0.15, 0.2) is 0 Å². The third-order valence-electron chi connectivity index (χ3n) is 8.55. The van der Waals surface area contributed by atoms with Crippen molar-refractivity contribution in [3.05, 3.63) is 83.7 Å². The summed E-state index contributed by atoms with van der Waals surface area (Å²) >= 11 is 0. The zero-order valence-electron chi connectivity index (χ0n) is 25.5. The third-order valence-corrected chi connectivity index (χ3v) is 8.55. The number of nitrogens with zero attached hydrogens (tertiary/aromatic N) is 3. The van der Waals surface area contributed by atoms with E-state index >= 15 is 0 Å². The fourth-order valence-corrected chi connectivity index (χ4v) is 6.09. The first-order valence-corrected chi connectivity index (χ1v) is 16.0. The lowest BCUT2D eigenvalue weighted by Crippen LogP contribution is -2.46. The molecule has 0 bridgehead atoms. The molecule has 2 amide bonds. The van der Waals surface area contributed by atoms with E-state index in [1.807, 2.05) is 35.2 Å². The number of hydrogen-bond donors (Lipinski definition) is 2. The summed E-state index contributed by atoms with van der Waals surface area (Å²) in [7, 11) is 0. The van der Waals surface area contributed by atoms with E-state index in [0.717, 1.165) is 78.6 Å². The molecule has 4 aromatic rings. The van der Waals surface area contributed by atoms with Crippen LogP contribution in [0.5, 0.6) is 0 Å². The minimum absolute atomic E-state index is 0.00537. The molecule has 0 atom stereocenters. The molecule has 5 rings (SSSR count). The molecule has 0 saturated heterocycles. The van der Waals surface area contributed by atoms with Gasteiger partial charge in [0.25, 0.3) is 0 Å². The normalized spacial score (nSPS) is 13.7. The van der Waals surface area contributed by atoms with Crippen molar-refractivity contribution in [3.8, 4) is 11.1 Å². The summed E-state index contributed by atoms with van der Waals surface area (Å²) in [5.74, 6) is 0.113. The fraction of sp³-hybridized carbons (Fsp3) is 0.417. The number of amides is 2. The molecular weight excluding hydrogens is 536 g/mol. The number of nitrogens with one attached hydrogen (secondary N) is 1. The standard InChI is InChI=1S/C36H44N4O3/c1-3-5-16-34-38-32-22-21-29(39(23-6-4-2)36(43)37-28-12-8-7-9-13-28)24-33(32)40(34)25-26-17-19-27(20-18-26)30-14-10-11-15-31(30)35(41)42/h10-11,14-15,17-22,24,28H,3-9,12-13,16,23,25H2,1-2H3,(H,37,43)(H,41,42). The number of aromatic nitrogens is 2. The van der Waals surface area contributed by atoms with Gasteiger partial charge in [0, 0.05) is 31.2 Å². The Balaban J connectivity index is 1.46. The quantitative estimate of drug-likeness (QED) is 0.176. The Bertz CT molecular complexity index is 1540. The van der Waals surface area contributed by atoms with Gasteiger partial charge in [-0.2, -0.15) is 0 Å². The number of aromatic carboxylic acids is 1. The van der Waals surface area contributed by atoms with Gasteiger partial charge < -0.3 is 15.0 Å². The number of aryl methyl sites for hydroxylation is 1. The topological polar surface area (TPSA) is 87.5 Å². The molecule has 1 saturated carbocycles. The molecule has 0 radical (unpaired) electrons. The van der Waals surface area contributed by atoms with Crippen LogP contribution in [0.1, 0.15) is 93.4 Å². The van der Waals surface area contributed by atoms with Gasteiger partial charge in [0.05, 0.1) is 16.6 Å². The van der Waals surface area contributed by atoms with Crippen molar-refractivity contribution < 1.29 is 14.7 Å². The molecule has 2 N–H and O–H groups in total. The van der Waals surface area contributed by atoms with Crippen LogP contribution < -0.4 is 10.2 Å². The van der Waals surface area contributed by atoms with Crippen LogP contribution in [-0.2, 0) is 13.0 Å². The first-order chi connectivity index (χ1) is 21.0. The molecule has 7 nitrogen and oxygen atoms in total. The number of carbonyl (C=O) groups excluding carboxylic acids is 1. The first kappa shape index (κ1) is 30.3. The highest BCUT2D eigenvalue weighted by Crippen LogP contribution is 2.28. The summed E-state index contributed by atoms with van der Waals surface area (Å²) in [5.41, 5.74) is 5.85. The molecule has 7 heteroatoms. The Kier molecular flexibility index (Phi) is 10.1. The second kappa shape index (κ2) is 14.4. The van der Waals surface area contributed by atoms with Crippen LogP contribution in [0.4, 0.5) is 10.5 Å². The molecule has 1 aliphatic carbocycles. The summed E-state index contributed by atoms with van der Waals surface area (Å²) in [6.45, 7) is 5.66. The molecule has 0 aliphatic heterocycles. The number of carboxylic acids is 1. The zero-order valence-corrected chi connectivity index (χ0v) is 25.5. The molecule has 0 unspecified atom stereocenters. The van der Waals surface area contributed by atoms with Gasteiger partial charge in [-0.3, -0.25) is 4.90 Å². The summed E-state index contributed by atoms with van der Waals surface area (Å²) in [5, 5.41) is 13.0. The predicted molar refractivity (Wildman–Crippen MR) is 174 cm³/mol. The summed E-state index contributed by atoms with van der Waals surface area (Å²) in [6.07, 6.45) is 10.7. The number of carboxylic acid groups (broad SMARTS) is 1. The number of carbonyl (C=O) groups is 2. The maximum atomic E-state index is 13.5. The molecule has 0 spiro atoms. The monoisotopic (exact) mass is 580 g/mol. The van der Waals surface area contributed by atoms with E-state index in [1.54, 1.807) is 12.1 Å². The van der Waals surface area contributed by atoms with Crippen molar-refractivity contribution in [1.29, 1.82) is 0 Å². The van der Waals surface area contributed by atoms with Crippen molar-refractivity contribution in [2.75, 3.05) is 11.4 Å². The van der Waals surface area contributed by atoms with Gasteiger partial charge in [-0.25, -0.2) is 14.6 Å². The van der Waals surface area contributed by atoms with E-state index in [0.29, 0.717) is 24.2 Å². The van der Waals surface area contributed by atoms with E-state index < -0.39 is 5.97 Å². The lowest BCUT2D eigenvalue weighted by Gasteiger charge is -2.28. The van der Waals surface area contributed by atoms with Crippen molar-refractivity contribution >= 4 is 28.7 Å². The van der Waals surface area contributed by atoms with Gasteiger partial charge >= 0.3 is 12.0 Å². The van der Waals surface area contributed by atoms with E-state index in [9.17, 15) is 14.7 Å². The number of benzene rings is 3. The number of imidazole rings is 1. The number of urea groups is 1. The molecule has 1 heterocycles. The Morgan fingerprint density at radius 3 is 2.42 bits per heavy atom. The number of fused-ring (bicyclic) bond motifs is 1. The molecule has 1 fully saturated rings. The van der Waals surface area contributed by atoms with Crippen molar-refractivity contribution in [3.63, 3.8) is 0 Å². The van der Waals surface area contributed by atoms with Crippen LogP contribution in [0.15, 0.2) is 66.7 Å². The summed E-state index contributed by atoms with van der Waals surface area (Å²) in [4.78, 5) is 32.2. The number of hydrogen-bond acceptors (Lipinski definition) is 3. The highest BCUT2D eigenvalue weighted by Gasteiger charge is 2.22. The van der Waals surface area contributed by atoms with Gasteiger partial charge in [-0.05, 0) is 66.6 Å². The average Bonchev–Trinajstić information content (AvgIpc) is 3.37. The van der Waals surface area contributed by atoms with Crippen LogP contribution in [0.3, 0.4) is 0 Å². The zero-order chi connectivity index (χ0) is 30.2. The van der Waals surface area contributed by atoms with Gasteiger partial charge in [0.1, 0.15) is 5.82 Å². The van der Waals surface area contributed by atoms with Crippen LogP contribution in [-0.4, -0.2) is 39.2 Å². The first-order valence-electron chi connectivity index (χ1n) is 16.0. The fourth-order valence-electron chi connectivity index (χ4n) is 6.09. The summed E-state index contributed by atoms with van der Waals surface area (Å²) in [6, 6.07) is 21.7. The summed E-state index contributed by atoms with van der Waals surface area (Å²) < 4.78 is 2.28. The Morgan fingerprint density at radius 2 is 1.70 bits per heavy atom. The number of anilines is 1. The molecule has 43 heavy (non-hydrogen) atoms. The highest BCUT2D eigenvalue weighted by molar-refractivity contribution is 5.96. The van der Waals surface area contributed by atoms with E-state index in [1.165, 1.54) is 19.3 Å². The van der Waals surface area contributed by atoms with Gasteiger partial charge in [-0.15, -0.1) is 0 Å². The highest BCUT2D eigenvalue weighted by atomic mass is 16.4. The molecule has 1 aromatic heterocycles. The maximum Gasteiger partial charge on any atom is 0.336 e. The van der Waals surface area contributed by atoms with Crippen molar-refractivity contribution in [1.82, 2.24) is 14.9 Å². The van der Waals surface area contributed by atoms with Gasteiger partial charge in [-0.1, -0.05) is 88.4 Å². The van der Waals surface area contributed by atoms with E-state index in [-0.39, 0.29) is 12.1 Å². The minimum atomic E-state index is -0.929. The average molecular weight is 581 g/mol. The Morgan fingerprint density at radius 1 is 0.953 bits per heavy atom. The smallest absolute Gasteiger partial charge is 0.336 e. The van der Waals surface area contributed by atoms with Crippen LogP contribution in [0.2, 0.25) is 0 Å². The van der Waals surface area contributed by atoms with Crippen LogP contribution >= 0.6 is 0 Å². The van der Waals surface area contributed by atoms with E-state index in [4.69, 9.17) is 4.98 Å². The molecule has 3 aromatic carbocycles. The van der Waals surface area contributed by atoms with Crippen molar-refractivity contribution in [2.45, 2.75) is 90.6 Å². The Hall–Kier alpha value is -4.13. The second-order valence-electron chi connectivity index (χ2n) is 11.7. The lowest BCUT2D eigenvalue weighted by atomic mass is 9.96. The second-order valence-corrected chi connectivity index (χ2v) is 11.7. The van der Waals surface area contributed by atoms with E-state index in [2.05, 4.69) is 48.0 Å². The predicted octanol–water partition coefficient (Wildman–Crippen LogP) is 8.44. The Labute approximate surface area is 254 Å². The molecule has 226 valence electrons. The lowest BCUT2D eigenvalue weighted by molar-refractivity contribution is 0.0697. The largest absolute Gasteiger partial charge is 0.478 e. The number of unbranched alkanes of at least 4 members (excludes halogenated alkanes) is 2. The number of rotatable bonds is 12.